The molecule has 2 heterocycles. The average Bonchev–Trinajstić information content (AvgIpc) is 3.10. The van der Waals surface area contributed by atoms with Gasteiger partial charge in [0.25, 0.3) is 0 Å². The molecule has 1 unspecified atom stereocenters. The maximum Gasteiger partial charge on any atom is 0.157 e. The van der Waals surface area contributed by atoms with Gasteiger partial charge in [-0.2, -0.15) is 0 Å². The van der Waals surface area contributed by atoms with Crippen molar-refractivity contribution < 1.29 is 0 Å². The van der Waals surface area contributed by atoms with Gasteiger partial charge < -0.3 is 0 Å². The van der Waals surface area contributed by atoms with E-state index in [4.69, 9.17) is 11.8 Å². The van der Waals surface area contributed by atoms with Crippen LogP contribution in [0.3, 0.4) is 0 Å². The predicted octanol–water partition coefficient (Wildman–Crippen LogP) is 2.37. The van der Waals surface area contributed by atoms with Crippen molar-refractivity contribution in [3.8, 4) is 0 Å². The van der Waals surface area contributed by atoms with Gasteiger partial charge in [-0.15, -0.1) is 0 Å². The minimum atomic E-state index is -0.138. The molecule has 3 rings (SSSR count). The molecule has 1 saturated carbocycles. The van der Waals surface area contributed by atoms with Gasteiger partial charge >= 0.3 is 0 Å². The van der Waals surface area contributed by atoms with E-state index in [1.165, 1.54) is 23.7 Å². The van der Waals surface area contributed by atoms with Crippen molar-refractivity contribution in [3.05, 3.63) is 18.6 Å². The molecule has 2 fully saturated rings. The number of hydrogen-bond donors (Lipinski definition) is 1. The molecule has 0 aromatic carbocycles. The fraction of sp³-hybridized carbons (Fsp3) is 0.500. The first kappa shape index (κ1) is 11.4. The van der Waals surface area contributed by atoms with Gasteiger partial charge in [-0.25, -0.2) is 24.9 Å². The summed E-state index contributed by atoms with van der Waals surface area (Å²) in [4.78, 5) is 12.3. The Morgan fingerprint density at radius 1 is 1.59 bits per heavy atom. The molecule has 0 radical (unpaired) electrons. The Balaban J connectivity index is 1.82. The summed E-state index contributed by atoms with van der Waals surface area (Å²) in [5.74, 6) is 2.02. The van der Waals surface area contributed by atoms with Crippen LogP contribution in [0.4, 0.5) is 5.82 Å². The number of alkyl halides is 1. The molecule has 1 N–H and O–H groups in total. The van der Waals surface area contributed by atoms with Crippen molar-refractivity contribution in [3.63, 3.8) is 0 Å². The summed E-state index contributed by atoms with van der Waals surface area (Å²) in [5.41, 5.74) is 3.20. The SMILES string of the molecule is ClN1NC(Br)(C2CC2)CC1=Nc1ccncn1. The number of halogens is 2. The van der Waals surface area contributed by atoms with Crippen molar-refractivity contribution in [2.24, 2.45) is 10.9 Å². The van der Waals surface area contributed by atoms with Gasteiger partial charge in [0.15, 0.2) is 5.82 Å². The smallest absolute Gasteiger partial charge is 0.157 e. The van der Waals surface area contributed by atoms with Gasteiger partial charge in [0.2, 0.25) is 0 Å². The Labute approximate surface area is 113 Å². The van der Waals surface area contributed by atoms with Gasteiger partial charge in [-0.1, -0.05) is 15.9 Å². The van der Waals surface area contributed by atoms with E-state index >= 15 is 0 Å². The molecule has 1 aliphatic carbocycles. The van der Waals surface area contributed by atoms with Crippen LogP contribution in [0.2, 0.25) is 0 Å². The highest BCUT2D eigenvalue weighted by Gasteiger charge is 2.50. The van der Waals surface area contributed by atoms with E-state index in [0.29, 0.717) is 11.7 Å². The van der Waals surface area contributed by atoms with E-state index in [-0.39, 0.29) is 4.45 Å². The third kappa shape index (κ3) is 2.29. The highest BCUT2D eigenvalue weighted by molar-refractivity contribution is 9.10. The fourth-order valence-electron chi connectivity index (χ4n) is 1.91. The first-order valence-corrected chi connectivity index (χ1v) is 6.57. The molecule has 0 spiro atoms. The summed E-state index contributed by atoms with van der Waals surface area (Å²) in [5, 5.41) is 0. The Morgan fingerprint density at radius 2 is 2.41 bits per heavy atom. The number of nitrogens with zero attached hydrogens (tertiary/aromatic N) is 4. The third-order valence-electron chi connectivity index (χ3n) is 2.96. The van der Waals surface area contributed by atoms with Crippen LogP contribution in [0, 0.1) is 5.92 Å². The van der Waals surface area contributed by atoms with Crippen LogP contribution in [0.15, 0.2) is 23.6 Å². The maximum atomic E-state index is 6.10. The molecule has 7 heteroatoms. The second-order valence-corrected chi connectivity index (χ2v) is 6.05. The van der Waals surface area contributed by atoms with Crippen molar-refractivity contribution in [2.75, 3.05) is 0 Å². The van der Waals surface area contributed by atoms with E-state index in [0.717, 1.165) is 12.3 Å². The first-order chi connectivity index (χ1) is 8.17. The number of nitrogens with one attached hydrogen (secondary N) is 1. The van der Waals surface area contributed by atoms with Crippen LogP contribution in [-0.2, 0) is 0 Å². The van der Waals surface area contributed by atoms with E-state index in [9.17, 15) is 0 Å². The summed E-state index contributed by atoms with van der Waals surface area (Å²) < 4.78 is 1.32. The Kier molecular flexibility index (Phi) is 2.80. The van der Waals surface area contributed by atoms with E-state index < -0.39 is 0 Å². The predicted molar refractivity (Wildman–Crippen MR) is 69.0 cm³/mol. The molecule has 1 aromatic rings. The van der Waals surface area contributed by atoms with E-state index in [1.54, 1.807) is 12.3 Å². The summed E-state index contributed by atoms with van der Waals surface area (Å²) >= 11 is 9.82. The lowest BCUT2D eigenvalue weighted by atomic mass is 10.1. The van der Waals surface area contributed by atoms with E-state index in [1.807, 2.05) is 0 Å². The number of amidine groups is 1. The maximum absolute atomic E-state index is 6.10. The molecule has 1 aromatic heterocycles. The summed E-state index contributed by atoms with van der Waals surface area (Å²) in [6.07, 6.45) is 6.34. The van der Waals surface area contributed by atoms with E-state index in [2.05, 4.69) is 36.3 Å². The molecule has 2 aliphatic rings. The zero-order valence-electron chi connectivity index (χ0n) is 8.98. The zero-order valence-corrected chi connectivity index (χ0v) is 11.3. The molecule has 0 amide bonds. The molecular weight excluding hydrogens is 306 g/mol. The van der Waals surface area contributed by atoms with Gasteiger partial charge in [0.05, 0.1) is 0 Å². The average molecular weight is 317 g/mol. The second kappa shape index (κ2) is 4.19. The summed E-state index contributed by atoms with van der Waals surface area (Å²) in [6.45, 7) is 0. The highest BCUT2D eigenvalue weighted by atomic mass is 79.9. The van der Waals surface area contributed by atoms with Crippen LogP contribution < -0.4 is 5.43 Å². The minimum Gasteiger partial charge on any atom is -0.245 e. The number of hydrogen-bond acceptors (Lipinski definition) is 4. The van der Waals surface area contributed by atoms with Crippen molar-refractivity contribution in [1.29, 1.82) is 0 Å². The van der Waals surface area contributed by atoms with Crippen LogP contribution in [0.5, 0.6) is 0 Å². The molecule has 5 nitrogen and oxygen atoms in total. The quantitative estimate of drug-likeness (QED) is 0.517. The van der Waals surface area contributed by atoms with Gasteiger partial charge in [-0.05, 0) is 18.8 Å². The monoisotopic (exact) mass is 315 g/mol. The molecule has 0 bridgehead atoms. The number of hydrazine groups is 1. The fourth-order valence-corrected chi connectivity index (χ4v) is 3.15. The lowest BCUT2D eigenvalue weighted by Crippen LogP contribution is -2.39. The van der Waals surface area contributed by atoms with Gasteiger partial charge in [-0.3, -0.25) is 0 Å². The van der Waals surface area contributed by atoms with Crippen molar-refractivity contribution in [1.82, 2.24) is 19.9 Å². The molecule has 90 valence electrons. The first-order valence-electron chi connectivity index (χ1n) is 5.43. The summed E-state index contributed by atoms with van der Waals surface area (Å²) in [7, 11) is 0. The molecule has 1 saturated heterocycles. The lowest BCUT2D eigenvalue weighted by molar-refractivity contribution is 0.388. The Bertz CT molecular complexity index is 449. The van der Waals surface area contributed by atoms with Crippen molar-refractivity contribution >= 4 is 39.4 Å². The third-order valence-corrected chi connectivity index (χ3v) is 4.35. The van der Waals surface area contributed by atoms with Gasteiger partial charge in [0.1, 0.15) is 16.6 Å². The van der Waals surface area contributed by atoms with Crippen LogP contribution in [0.25, 0.3) is 0 Å². The second-order valence-electron chi connectivity index (χ2n) is 4.30. The molecule has 17 heavy (non-hydrogen) atoms. The van der Waals surface area contributed by atoms with Gasteiger partial charge in [0, 0.05) is 30.5 Å². The number of rotatable bonds is 2. The van der Waals surface area contributed by atoms with Crippen LogP contribution in [0.1, 0.15) is 19.3 Å². The zero-order chi connectivity index (χ0) is 11.9. The topological polar surface area (TPSA) is 53.4 Å². The number of aliphatic imine (C=N–C) groups is 1. The lowest BCUT2D eigenvalue weighted by Gasteiger charge is -2.20. The number of aromatic nitrogens is 2. The standard InChI is InChI=1S/C10H11BrClN5/c11-10(7-1-2-7)5-9(17(12)16-10)15-8-3-4-13-6-14-8/h3-4,6-7,16H,1-2,5H2. The molecule has 1 atom stereocenters. The minimum absolute atomic E-state index is 0.138. The summed E-state index contributed by atoms with van der Waals surface area (Å²) in [6, 6.07) is 1.75. The molecule has 1 aliphatic heterocycles. The molecular formula is C10H11BrClN5. The van der Waals surface area contributed by atoms with Crippen molar-refractivity contribution in [2.45, 2.75) is 23.7 Å². The highest BCUT2D eigenvalue weighted by Crippen LogP contribution is 2.48. The largest absolute Gasteiger partial charge is 0.245 e. The Hall–Kier alpha value is -0.720. The Morgan fingerprint density at radius 3 is 3.06 bits per heavy atom. The van der Waals surface area contributed by atoms with Crippen LogP contribution in [-0.4, -0.2) is 24.8 Å². The normalized spacial score (nSPS) is 31.2. The van der Waals surface area contributed by atoms with Crippen LogP contribution >= 0.6 is 27.7 Å².